The van der Waals surface area contributed by atoms with Crippen molar-refractivity contribution in [2.45, 2.75) is 13.0 Å². The Morgan fingerprint density at radius 3 is 2.24 bits per heavy atom. The fourth-order valence-electron chi connectivity index (χ4n) is 4.49. The number of aliphatic hydroxyl groups excluding tert-OH is 1. The highest BCUT2D eigenvalue weighted by Gasteiger charge is 2.48. The molecule has 0 bridgehead atoms. The van der Waals surface area contributed by atoms with Crippen LogP contribution in [0.4, 0.5) is 9.52 Å². The number of carbonyl (C=O) groups excluding carboxylic acids is 2. The Bertz CT molecular complexity index is 1590. The van der Waals surface area contributed by atoms with E-state index in [1.807, 2.05) is 25.1 Å². The van der Waals surface area contributed by atoms with Crippen LogP contribution in [0.2, 0.25) is 0 Å². The molecule has 4 aromatic rings. The number of aromatic nitrogens is 1. The first kappa shape index (κ1) is 25.2. The first-order valence-corrected chi connectivity index (χ1v) is 12.3. The minimum absolute atomic E-state index is 0.175. The monoisotopic (exact) mass is 534 g/mol. The lowest BCUT2D eigenvalue weighted by molar-refractivity contribution is -0.132. The van der Waals surface area contributed by atoms with E-state index in [2.05, 4.69) is 4.98 Å². The van der Waals surface area contributed by atoms with Gasteiger partial charge in [-0.2, -0.15) is 0 Å². The van der Waals surface area contributed by atoms with E-state index in [0.717, 1.165) is 22.4 Å². The topological polar surface area (TPSA) is 98.2 Å². The van der Waals surface area contributed by atoms with Gasteiger partial charge in [0.2, 0.25) is 5.75 Å². The number of aliphatic hydroxyl groups is 1. The highest BCUT2D eigenvalue weighted by molar-refractivity contribution is 7.22. The van der Waals surface area contributed by atoms with E-state index in [4.69, 9.17) is 14.2 Å². The molecular formula is C28H23FN2O6S. The summed E-state index contributed by atoms with van der Waals surface area (Å²) in [5.74, 6) is -1.79. The predicted molar refractivity (Wildman–Crippen MR) is 142 cm³/mol. The second-order valence-corrected chi connectivity index (χ2v) is 9.61. The number of ketones is 1. The van der Waals surface area contributed by atoms with Crippen LogP contribution in [0, 0.1) is 12.7 Å². The van der Waals surface area contributed by atoms with Gasteiger partial charge in [-0.25, -0.2) is 9.37 Å². The van der Waals surface area contributed by atoms with Crippen molar-refractivity contribution in [3.63, 3.8) is 0 Å². The molecule has 1 atom stereocenters. The van der Waals surface area contributed by atoms with Crippen LogP contribution in [0.25, 0.3) is 16.0 Å². The van der Waals surface area contributed by atoms with Crippen molar-refractivity contribution >= 4 is 44.1 Å². The van der Waals surface area contributed by atoms with Gasteiger partial charge in [0.1, 0.15) is 11.6 Å². The van der Waals surface area contributed by atoms with Crippen LogP contribution in [-0.4, -0.2) is 43.1 Å². The number of halogens is 1. The minimum Gasteiger partial charge on any atom is -0.507 e. The summed E-state index contributed by atoms with van der Waals surface area (Å²) >= 11 is 1.25. The SMILES string of the molecule is COc1cc(C2C(=C(O)c3ccc(F)cc3)C(=O)C(=O)N2c2nc3ccc(C)cc3s2)cc(OC)c1OC. The Kier molecular flexibility index (Phi) is 6.50. The number of hydrogen-bond acceptors (Lipinski definition) is 8. The highest BCUT2D eigenvalue weighted by atomic mass is 32.1. The van der Waals surface area contributed by atoms with Crippen LogP contribution in [0.1, 0.15) is 22.7 Å². The lowest BCUT2D eigenvalue weighted by Crippen LogP contribution is -2.29. The fraction of sp³-hybridized carbons (Fsp3) is 0.179. The van der Waals surface area contributed by atoms with Gasteiger partial charge in [-0.3, -0.25) is 14.5 Å². The van der Waals surface area contributed by atoms with E-state index in [1.54, 1.807) is 12.1 Å². The predicted octanol–water partition coefficient (Wildman–Crippen LogP) is 5.40. The zero-order valence-electron chi connectivity index (χ0n) is 20.9. The van der Waals surface area contributed by atoms with Gasteiger partial charge in [-0.1, -0.05) is 17.4 Å². The standard InChI is InChI=1S/C28H23FN2O6S/c1-14-5-10-18-21(11-14)38-28(30-18)31-23(16-12-19(35-2)26(37-4)20(13-16)36-3)22(25(33)27(31)34)24(32)15-6-8-17(29)9-7-15/h5-13,23,32H,1-4H3. The Balaban J connectivity index is 1.78. The zero-order chi connectivity index (χ0) is 27.1. The quantitative estimate of drug-likeness (QED) is 0.201. The maximum absolute atomic E-state index is 13.6. The third kappa shape index (κ3) is 4.12. The summed E-state index contributed by atoms with van der Waals surface area (Å²) in [5.41, 5.74) is 2.11. The fourth-order valence-corrected chi connectivity index (χ4v) is 5.58. The molecule has 1 N–H and O–H groups in total. The Hall–Kier alpha value is -4.44. The molecule has 1 aliphatic heterocycles. The molecule has 8 nitrogen and oxygen atoms in total. The van der Waals surface area contributed by atoms with Crippen LogP contribution in [0.3, 0.4) is 0 Å². The highest BCUT2D eigenvalue weighted by Crippen LogP contribution is 2.48. The molecule has 1 aliphatic rings. The van der Waals surface area contributed by atoms with Gasteiger partial charge in [0.15, 0.2) is 16.6 Å². The molecule has 2 heterocycles. The molecule has 1 fully saturated rings. The van der Waals surface area contributed by atoms with E-state index in [1.165, 1.54) is 49.7 Å². The molecule has 10 heteroatoms. The molecule has 0 aliphatic carbocycles. The summed E-state index contributed by atoms with van der Waals surface area (Å²) in [6, 6.07) is 12.8. The van der Waals surface area contributed by atoms with Gasteiger partial charge in [0.05, 0.1) is 43.2 Å². The first-order valence-electron chi connectivity index (χ1n) is 11.5. The molecule has 5 rings (SSSR count). The molecular weight excluding hydrogens is 511 g/mol. The average molecular weight is 535 g/mol. The third-order valence-electron chi connectivity index (χ3n) is 6.30. The van der Waals surface area contributed by atoms with Gasteiger partial charge in [-0.05, 0) is 66.6 Å². The van der Waals surface area contributed by atoms with E-state index in [9.17, 15) is 19.1 Å². The maximum atomic E-state index is 13.6. The molecule has 38 heavy (non-hydrogen) atoms. The first-order chi connectivity index (χ1) is 18.3. The number of hydrogen-bond donors (Lipinski definition) is 1. The number of rotatable bonds is 6. The summed E-state index contributed by atoms with van der Waals surface area (Å²) in [5, 5.41) is 11.6. The summed E-state index contributed by atoms with van der Waals surface area (Å²) < 4.78 is 30.9. The normalized spacial score (nSPS) is 16.8. The van der Waals surface area contributed by atoms with Crippen molar-refractivity contribution in [3.8, 4) is 17.2 Å². The molecule has 194 valence electrons. The van der Waals surface area contributed by atoms with Crippen molar-refractivity contribution in [2.75, 3.05) is 26.2 Å². The van der Waals surface area contributed by atoms with Crippen molar-refractivity contribution in [2.24, 2.45) is 0 Å². The van der Waals surface area contributed by atoms with Gasteiger partial charge in [0, 0.05) is 5.56 Å². The number of amides is 1. The van der Waals surface area contributed by atoms with Crippen molar-refractivity contribution < 1.29 is 33.3 Å². The zero-order valence-corrected chi connectivity index (χ0v) is 21.8. The number of aryl methyl sites for hydroxylation is 1. The van der Waals surface area contributed by atoms with E-state index >= 15 is 0 Å². The Morgan fingerprint density at radius 2 is 1.63 bits per heavy atom. The number of anilines is 1. The van der Waals surface area contributed by atoms with E-state index < -0.39 is 29.3 Å². The van der Waals surface area contributed by atoms with Crippen molar-refractivity contribution in [1.82, 2.24) is 4.98 Å². The van der Waals surface area contributed by atoms with Gasteiger partial charge < -0.3 is 19.3 Å². The van der Waals surface area contributed by atoms with Crippen LogP contribution < -0.4 is 19.1 Å². The van der Waals surface area contributed by atoms with Crippen LogP contribution >= 0.6 is 11.3 Å². The summed E-state index contributed by atoms with van der Waals surface area (Å²) in [4.78, 5) is 32.9. The number of thiazole rings is 1. The molecule has 0 saturated carbocycles. The smallest absolute Gasteiger partial charge is 0.301 e. The Morgan fingerprint density at radius 1 is 0.974 bits per heavy atom. The van der Waals surface area contributed by atoms with Gasteiger partial charge in [0.25, 0.3) is 5.78 Å². The molecule has 1 saturated heterocycles. The lowest BCUT2D eigenvalue weighted by atomic mass is 9.94. The van der Waals surface area contributed by atoms with Gasteiger partial charge in [-0.15, -0.1) is 0 Å². The van der Waals surface area contributed by atoms with Crippen LogP contribution in [0.15, 0.2) is 60.2 Å². The second-order valence-electron chi connectivity index (χ2n) is 8.60. The molecule has 0 spiro atoms. The minimum atomic E-state index is -1.09. The maximum Gasteiger partial charge on any atom is 0.301 e. The molecule has 1 unspecified atom stereocenters. The van der Waals surface area contributed by atoms with Crippen LogP contribution in [0.5, 0.6) is 17.2 Å². The Labute approximate surface area is 221 Å². The molecule has 3 aromatic carbocycles. The lowest BCUT2D eigenvalue weighted by Gasteiger charge is -2.24. The number of methoxy groups -OCH3 is 3. The summed E-state index contributed by atoms with van der Waals surface area (Å²) in [6.45, 7) is 1.95. The molecule has 0 radical (unpaired) electrons. The summed E-state index contributed by atoms with van der Waals surface area (Å²) in [7, 11) is 4.36. The number of nitrogens with zero attached hydrogens (tertiary/aromatic N) is 2. The number of benzene rings is 3. The largest absolute Gasteiger partial charge is 0.507 e. The van der Waals surface area contributed by atoms with Crippen molar-refractivity contribution in [1.29, 1.82) is 0 Å². The van der Waals surface area contributed by atoms with Crippen LogP contribution in [-0.2, 0) is 9.59 Å². The van der Waals surface area contributed by atoms with Crippen molar-refractivity contribution in [3.05, 3.63) is 82.7 Å². The number of carbonyl (C=O) groups is 2. The van der Waals surface area contributed by atoms with E-state index in [-0.39, 0.29) is 16.3 Å². The van der Waals surface area contributed by atoms with E-state index in [0.29, 0.717) is 28.3 Å². The average Bonchev–Trinajstić information content (AvgIpc) is 3.45. The molecule has 1 aromatic heterocycles. The second kappa shape index (κ2) is 9.79. The molecule has 1 amide bonds. The number of ether oxygens (including phenoxy) is 3. The third-order valence-corrected chi connectivity index (χ3v) is 7.32. The number of fused-ring (bicyclic) bond motifs is 1. The summed E-state index contributed by atoms with van der Waals surface area (Å²) in [6.07, 6.45) is 0. The van der Waals surface area contributed by atoms with Gasteiger partial charge >= 0.3 is 5.91 Å². The number of Topliss-reactive ketones (excluding diaryl/α,β-unsaturated/α-hetero) is 1.